The van der Waals surface area contributed by atoms with Gasteiger partial charge < -0.3 is 13.9 Å². The van der Waals surface area contributed by atoms with E-state index in [4.69, 9.17) is 4.42 Å². The van der Waals surface area contributed by atoms with Gasteiger partial charge in [0, 0.05) is 32.9 Å². The number of nitrogens with zero attached hydrogens (tertiary/aromatic N) is 5. The first-order valence-corrected chi connectivity index (χ1v) is 11.8. The molecule has 0 aliphatic heterocycles. The maximum Gasteiger partial charge on any atom is 0.257 e. The summed E-state index contributed by atoms with van der Waals surface area (Å²) in [5, 5.41) is 9.92. The zero-order valence-electron chi connectivity index (χ0n) is 17.4. The van der Waals surface area contributed by atoms with Crippen molar-refractivity contribution in [2.24, 2.45) is 0 Å². The van der Waals surface area contributed by atoms with E-state index < -0.39 is 15.6 Å². The fourth-order valence-electron chi connectivity index (χ4n) is 2.78. The summed E-state index contributed by atoms with van der Waals surface area (Å²) in [7, 11) is -0.940. The van der Waals surface area contributed by atoms with Gasteiger partial charge in [-0.1, -0.05) is 13.0 Å². The highest BCUT2D eigenvalue weighted by molar-refractivity contribution is 7.89. The van der Waals surface area contributed by atoms with Crippen LogP contribution in [0.3, 0.4) is 0 Å². The van der Waals surface area contributed by atoms with Crippen LogP contribution in [-0.4, -0.2) is 58.9 Å². The Balaban J connectivity index is 1.79. The first kappa shape index (κ1) is 22.8. The van der Waals surface area contributed by atoms with Gasteiger partial charge in [0.05, 0.1) is 16.3 Å². The van der Waals surface area contributed by atoms with Crippen LogP contribution in [0, 0.1) is 0 Å². The Morgan fingerprint density at radius 2 is 2.00 bits per heavy atom. The maximum atomic E-state index is 12.9. The molecule has 166 valence electrons. The predicted octanol–water partition coefficient (Wildman–Crippen LogP) is 1.65. The standard InChI is InChI=1S/C19H23N5O5S2/c1-4-9-23(12-16-20-21-19(29-16)15-6-5-10-30-15)18(26)13-24-11-14(7-8-17(24)25)31(27,28)22(2)3/h5-8,10-11H,4,9,12-13H2,1-3H3. The molecule has 3 heterocycles. The topological polar surface area (TPSA) is 119 Å². The largest absolute Gasteiger partial charge is 0.418 e. The van der Waals surface area contributed by atoms with E-state index in [9.17, 15) is 18.0 Å². The first-order valence-electron chi connectivity index (χ1n) is 9.49. The number of thiophene rings is 1. The van der Waals surface area contributed by atoms with Crippen LogP contribution in [0.1, 0.15) is 19.2 Å². The zero-order chi connectivity index (χ0) is 22.6. The second kappa shape index (κ2) is 9.54. The van der Waals surface area contributed by atoms with Gasteiger partial charge in [0.25, 0.3) is 11.4 Å². The van der Waals surface area contributed by atoms with Crippen molar-refractivity contribution in [2.45, 2.75) is 31.3 Å². The molecule has 0 aliphatic rings. The van der Waals surface area contributed by atoms with Crippen molar-refractivity contribution < 1.29 is 17.6 Å². The highest BCUT2D eigenvalue weighted by atomic mass is 32.2. The van der Waals surface area contributed by atoms with E-state index >= 15 is 0 Å². The van der Waals surface area contributed by atoms with Crippen molar-refractivity contribution in [1.29, 1.82) is 0 Å². The minimum absolute atomic E-state index is 0.0653. The molecule has 0 atom stereocenters. The summed E-state index contributed by atoms with van der Waals surface area (Å²) in [4.78, 5) is 27.4. The third kappa shape index (κ3) is 5.27. The van der Waals surface area contributed by atoms with Crippen molar-refractivity contribution in [1.82, 2.24) is 24.0 Å². The molecule has 10 nitrogen and oxygen atoms in total. The Bertz CT molecular complexity index is 1200. The molecule has 0 aromatic carbocycles. The molecule has 3 aromatic heterocycles. The van der Waals surface area contributed by atoms with E-state index in [1.54, 1.807) is 0 Å². The molecule has 3 rings (SSSR count). The Hall–Kier alpha value is -2.83. The fraction of sp³-hybridized carbons (Fsp3) is 0.368. The van der Waals surface area contributed by atoms with Gasteiger partial charge in [-0.15, -0.1) is 21.5 Å². The van der Waals surface area contributed by atoms with E-state index in [2.05, 4.69) is 10.2 Å². The molecule has 0 unspecified atom stereocenters. The quantitative estimate of drug-likeness (QED) is 0.471. The van der Waals surface area contributed by atoms with E-state index in [0.717, 1.165) is 19.8 Å². The number of amides is 1. The van der Waals surface area contributed by atoms with Crippen LogP contribution in [0.5, 0.6) is 0 Å². The second-order valence-corrected chi connectivity index (χ2v) is 10.0. The van der Waals surface area contributed by atoms with Crippen LogP contribution in [0.4, 0.5) is 0 Å². The first-order chi connectivity index (χ1) is 14.7. The fourth-order valence-corrected chi connectivity index (χ4v) is 4.35. The van der Waals surface area contributed by atoms with Crippen LogP contribution < -0.4 is 5.56 Å². The van der Waals surface area contributed by atoms with Crippen molar-refractivity contribution in [3.05, 3.63) is 52.1 Å². The van der Waals surface area contributed by atoms with Crippen molar-refractivity contribution in [3.8, 4) is 10.8 Å². The van der Waals surface area contributed by atoms with Crippen LogP contribution in [0.25, 0.3) is 10.8 Å². The molecule has 0 N–H and O–H groups in total. The summed E-state index contributed by atoms with van der Waals surface area (Å²) in [6.07, 6.45) is 1.86. The van der Waals surface area contributed by atoms with Crippen molar-refractivity contribution in [2.75, 3.05) is 20.6 Å². The number of carbonyl (C=O) groups is 1. The minimum Gasteiger partial charge on any atom is -0.418 e. The summed E-state index contributed by atoms with van der Waals surface area (Å²) in [6, 6.07) is 6.10. The van der Waals surface area contributed by atoms with Crippen LogP contribution in [0.2, 0.25) is 0 Å². The van der Waals surface area contributed by atoms with Gasteiger partial charge in [-0.3, -0.25) is 9.59 Å². The number of rotatable bonds is 9. The van der Waals surface area contributed by atoms with E-state index in [1.165, 1.54) is 42.6 Å². The lowest BCUT2D eigenvalue weighted by molar-refractivity contribution is -0.132. The monoisotopic (exact) mass is 465 g/mol. The second-order valence-electron chi connectivity index (χ2n) is 6.91. The molecular formula is C19H23N5O5S2. The average Bonchev–Trinajstić information content (AvgIpc) is 3.40. The van der Waals surface area contributed by atoms with E-state index in [0.29, 0.717) is 18.9 Å². The Labute approximate surface area is 183 Å². The molecule has 0 bridgehead atoms. The molecule has 0 saturated carbocycles. The van der Waals surface area contributed by atoms with Crippen LogP contribution in [0.15, 0.2) is 49.9 Å². The van der Waals surface area contributed by atoms with Gasteiger partial charge in [0.2, 0.25) is 21.8 Å². The Kier molecular flexibility index (Phi) is 7.03. The van der Waals surface area contributed by atoms with Crippen molar-refractivity contribution >= 4 is 27.3 Å². The third-order valence-electron chi connectivity index (χ3n) is 4.41. The third-order valence-corrected chi connectivity index (χ3v) is 7.07. The minimum atomic E-state index is -3.73. The molecule has 0 radical (unpaired) electrons. The van der Waals surface area contributed by atoms with Gasteiger partial charge in [0.15, 0.2) is 0 Å². The number of sulfonamides is 1. The molecule has 0 aliphatic carbocycles. The van der Waals surface area contributed by atoms with Crippen LogP contribution >= 0.6 is 11.3 Å². The van der Waals surface area contributed by atoms with Gasteiger partial charge >= 0.3 is 0 Å². The number of pyridine rings is 1. The van der Waals surface area contributed by atoms with Gasteiger partial charge in [-0.2, -0.15) is 0 Å². The Morgan fingerprint density at radius 1 is 1.23 bits per heavy atom. The van der Waals surface area contributed by atoms with Crippen molar-refractivity contribution in [3.63, 3.8) is 0 Å². The average molecular weight is 466 g/mol. The van der Waals surface area contributed by atoms with Gasteiger partial charge in [-0.05, 0) is 23.9 Å². The smallest absolute Gasteiger partial charge is 0.257 e. The number of carbonyl (C=O) groups excluding carboxylic acids is 1. The molecule has 31 heavy (non-hydrogen) atoms. The summed E-state index contributed by atoms with van der Waals surface area (Å²) in [5.74, 6) is 0.299. The van der Waals surface area contributed by atoms with Gasteiger partial charge in [0.1, 0.15) is 6.54 Å². The number of hydrogen-bond donors (Lipinski definition) is 0. The summed E-state index contributed by atoms with van der Waals surface area (Å²) >= 11 is 1.47. The molecule has 1 amide bonds. The number of hydrogen-bond acceptors (Lipinski definition) is 8. The summed E-state index contributed by atoms with van der Waals surface area (Å²) < 4.78 is 32.5. The lowest BCUT2D eigenvalue weighted by Crippen LogP contribution is -2.37. The van der Waals surface area contributed by atoms with Crippen LogP contribution in [-0.2, 0) is 27.9 Å². The SMILES string of the molecule is CCCN(Cc1nnc(-c2cccs2)o1)C(=O)Cn1cc(S(=O)(=O)N(C)C)ccc1=O. The summed E-state index contributed by atoms with van der Waals surface area (Å²) in [5.41, 5.74) is -0.472. The maximum absolute atomic E-state index is 12.9. The highest BCUT2D eigenvalue weighted by Gasteiger charge is 2.21. The summed E-state index contributed by atoms with van der Waals surface area (Å²) in [6.45, 7) is 2.12. The Morgan fingerprint density at radius 3 is 2.65 bits per heavy atom. The molecule has 12 heteroatoms. The van der Waals surface area contributed by atoms with E-state index in [-0.39, 0.29) is 29.8 Å². The molecule has 0 fully saturated rings. The lowest BCUT2D eigenvalue weighted by Gasteiger charge is -2.21. The molecule has 0 saturated heterocycles. The van der Waals surface area contributed by atoms with Gasteiger partial charge in [-0.25, -0.2) is 12.7 Å². The lowest BCUT2D eigenvalue weighted by atomic mass is 10.3. The predicted molar refractivity (Wildman–Crippen MR) is 115 cm³/mol. The zero-order valence-corrected chi connectivity index (χ0v) is 19.0. The van der Waals surface area contributed by atoms with E-state index in [1.807, 2.05) is 24.4 Å². The molecule has 0 spiro atoms. The normalized spacial score (nSPS) is 11.7. The highest BCUT2D eigenvalue weighted by Crippen LogP contribution is 2.23. The molecular weight excluding hydrogens is 442 g/mol. The number of aromatic nitrogens is 3. The molecule has 3 aromatic rings.